The lowest BCUT2D eigenvalue weighted by atomic mass is 10.2. The van der Waals surface area contributed by atoms with Gasteiger partial charge in [0, 0.05) is 31.4 Å². The van der Waals surface area contributed by atoms with E-state index in [0.29, 0.717) is 5.69 Å². The van der Waals surface area contributed by atoms with Gasteiger partial charge in [0.1, 0.15) is 6.04 Å². The molecular formula is C17H19N5O6S. The van der Waals surface area contributed by atoms with Gasteiger partial charge < -0.3 is 10.2 Å². The Bertz CT molecular complexity index is 1030. The summed E-state index contributed by atoms with van der Waals surface area (Å²) in [5, 5.41) is 17.4. The first kappa shape index (κ1) is 20.5. The Kier molecular flexibility index (Phi) is 5.64. The van der Waals surface area contributed by atoms with Crippen LogP contribution in [0.5, 0.6) is 0 Å². The number of amides is 2. The summed E-state index contributed by atoms with van der Waals surface area (Å²) in [4.78, 5) is 36.4. The molecule has 154 valence electrons. The molecule has 12 heteroatoms. The Morgan fingerprint density at radius 1 is 1.17 bits per heavy atom. The molecule has 0 bridgehead atoms. The predicted octanol–water partition coefficient (Wildman–Crippen LogP) is 0.156. The van der Waals surface area contributed by atoms with E-state index in [9.17, 15) is 28.1 Å². The number of hydrogen-bond acceptors (Lipinski definition) is 7. The first-order valence-corrected chi connectivity index (χ1v) is 10.6. The van der Waals surface area contributed by atoms with Crippen molar-refractivity contribution in [2.45, 2.75) is 13.0 Å². The van der Waals surface area contributed by atoms with E-state index in [2.05, 4.69) is 10.4 Å². The van der Waals surface area contributed by atoms with Crippen molar-refractivity contribution in [1.29, 1.82) is 0 Å². The predicted molar refractivity (Wildman–Crippen MR) is 102 cm³/mol. The molecular weight excluding hydrogens is 402 g/mol. The fraction of sp³-hybridized carbons (Fsp3) is 0.353. The van der Waals surface area contributed by atoms with Gasteiger partial charge in [-0.1, -0.05) is 0 Å². The van der Waals surface area contributed by atoms with Crippen molar-refractivity contribution in [2.24, 2.45) is 0 Å². The molecule has 1 atom stereocenters. The van der Waals surface area contributed by atoms with Crippen LogP contribution >= 0.6 is 0 Å². The third-order valence-corrected chi connectivity index (χ3v) is 6.13. The quantitative estimate of drug-likeness (QED) is 0.534. The highest BCUT2D eigenvalue weighted by molar-refractivity contribution is 7.91. The highest BCUT2D eigenvalue weighted by Gasteiger charge is 2.29. The molecule has 11 nitrogen and oxygen atoms in total. The average molecular weight is 421 g/mol. The normalized spacial score (nSPS) is 16.8. The molecule has 0 saturated carbocycles. The number of nitro groups is 1. The zero-order chi connectivity index (χ0) is 21.2. The van der Waals surface area contributed by atoms with Crippen LogP contribution in [0.1, 0.15) is 17.4 Å². The Balaban J connectivity index is 1.62. The van der Waals surface area contributed by atoms with Crippen molar-refractivity contribution in [1.82, 2.24) is 20.0 Å². The molecule has 29 heavy (non-hydrogen) atoms. The lowest BCUT2D eigenvalue weighted by molar-refractivity contribution is -0.384. The van der Waals surface area contributed by atoms with Gasteiger partial charge in [-0.2, -0.15) is 5.10 Å². The largest absolute Gasteiger partial charge is 0.339 e. The van der Waals surface area contributed by atoms with Gasteiger partial charge in [-0.15, -0.1) is 0 Å². The Labute approximate surface area is 166 Å². The fourth-order valence-corrected chi connectivity index (χ4v) is 4.06. The molecule has 2 aromatic rings. The fourth-order valence-electron chi connectivity index (χ4n) is 2.85. The third-order valence-electron chi connectivity index (χ3n) is 4.52. The molecule has 1 aliphatic heterocycles. The van der Waals surface area contributed by atoms with Gasteiger partial charge in [0.25, 0.3) is 11.6 Å². The number of sulfone groups is 1. The van der Waals surface area contributed by atoms with E-state index < -0.39 is 26.7 Å². The van der Waals surface area contributed by atoms with Gasteiger partial charge in [-0.25, -0.2) is 13.1 Å². The number of nitro benzene ring substituents is 1. The van der Waals surface area contributed by atoms with Crippen molar-refractivity contribution in [3.8, 4) is 5.69 Å². The maximum Gasteiger partial charge on any atom is 0.272 e. The number of carbonyl (C=O) groups excluding carboxylic acids is 2. The summed E-state index contributed by atoms with van der Waals surface area (Å²) in [6, 6.07) is 6.29. The summed E-state index contributed by atoms with van der Waals surface area (Å²) in [7, 11) is -3.10. The highest BCUT2D eigenvalue weighted by atomic mass is 32.2. The molecule has 1 aromatic heterocycles. The minimum atomic E-state index is -3.10. The zero-order valence-corrected chi connectivity index (χ0v) is 16.3. The van der Waals surface area contributed by atoms with Gasteiger partial charge in [-0.05, 0) is 25.1 Å². The standard InChI is InChI=1S/C17H19N5O6S/c1-12(17(24)20-8-10-29(27,28)11-9-20)18-16(23)15-6-7-21(19-15)13-2-4-14(5-3-13)22(25)26/h2-7,12H,8-11H2,1H3,(H,18,23). The number of benzene rings is 1. The smallest absolute Gasteiger partial charge is 0.272 e. The number of aromatic nitrogens is 2. The second-order valence-electron chi connectivity index (χ2n) is 6.59. The van der Waals surface area contributed by atoms with Crippen LogP contribution in [0.3, 0.4) is 0 Å². The van der Waals surface area contributed by atoms with Crippen molar-refractivity contribution in [3.63, 3.8) is 0 Å². The summed E-state index contributed by atoms with van der Waals surface area (Å²) >= 11 is 0. The SMILES string of the molecule is CC(NC(=O)c1ccn(-c2ccc([N+](=O)[O-])cc2)n1)C(=O)N1CCS(=O)(=O)CC1. The minimum absolute atomic E-state index is 0.0586. The zero-order valence-electron chi connectivity index (χ0n) is 15.5. The van der Waals surface area contributed by atoms with E-state index in [1.807, 2.05) is 0 Å². The van der Waals surface area contributed by atoms with Crippen LogP contribution in [-0.2, 0) is 14.6 Å². The molecule has 1 unspecified atom stereocenters. The van der Waals surface area contributed by atoms with Crippen molar-refractivity contribution >= 4 is 27.3 Å². The van der Waals surface area contributed by atoms with Crippen LogP contribution in [0.4, 0.5) is 5.69 Å². The molecule has 1 aromatic carbocycles. The summed E-state index contributed by atoms with van der Waals surface area (Å²) < 4.78 is 24.3. The van der Waals surface area contributed by atoms with Crippen LogP contribution in [0.25, 0.3) is 5.69 Å². The van der Waals surface area contributed by atoms with E-state index in [1.165, 1.54) is 53.0 Å². The van der Waals surface area contributed by atoms with Crippen molar-refractivity contribution in [2.75, 3.05) is 24.6 Å². The van der Waals surface area contributed by atoms with E-state index >= 15 is 0 Å². The lowest BCUT2D eigenvalue weighted by Gasteiger charge is -2.29. The molecule has 2 amide bonds. The molecule has 1 N–H and O–H groups in total. The average Bonchev–Trinajstić information content (AvgIpc) is 3.18. The number of nitrogens with one attached hydrogen (secondary N) is 1. The Hall–Kier alpha value is -3.28. The van der Waals surface area contributed by atoms with E-state index in [0.717, 1.165) is 0 Å². The van der Waals surface area contributed by atoms with Gasteiger partial charge in [0.15, 0.2) is 15.5 Å². The number of carbonyl (C=O) groups is 2. The molecule has 1 fully saturated rings. The van der Waals surface area contributed by atoms with E-state index in [1.54, 1.807) is 0 Å². The summed E-state index contributed by atoms with van der Waals surface area (Å²) in [5.41, 5.74) is 0.550. The Morgan fingerprint density at radius 3 is 2.38 bits per heavy atom. The maximum atomic E-state index is 12.4. The molecule has 1 aliphatic rings. The number of nitrogens with zero attached hydrogens (tertiary/aromatic N) is 4. The van der Waals surface area contributed by atoms with Crippen LogP contribution in [-0.4, -0.2) is 70.5 Å². The molecule has 2 heterocycles. The van der Waals surface area contributed by atoms with Crippen molar-refractivity contribution in [3.05, 3.63) is 52.3 Å². The first-order chi connectivity index (χ1) is 13.7. The summed E-state index contributed by atoms with van der Waals surface area (Å²) in [6.45, 7) is 1.74. The van der Waals surface area contributed by atoms with Gasteiger partial charge in [-0.3, -0.25) is 19.7 Å². The van der Waals surface area contributed by atoms with Crippen molar-refractivity contribution < 1.29 is 22.9 Å². The molecule has 3 rings (SSSR count). The minimum Gasteiger partial charge on any atom is -0.339 e. The second-order valence-corrected chi connectivity index (χ2v) is 8.89. The lowest BCUT2D eigenvalue weighted by Crippen LogP contribution is -2.51. The van der Waals surface area contributed by atoms with Crippen LogP contribution in [0.2, 0.25) is 0 Å². The highest BCUT2D eigenvalue weighted by Crippen LogP contribution is 2.15. The van der Waals surface area contributed by atoms with Crippen LogP contribution < -0.4 is 5.32 Å². The first-order valence-electron chi connectivity index (χ1n) is 8.77. The van der Waals surface area contributed by atoms with E-state index in [-0.39, 0.29) is 41.9 Å². The van der Waals surface area contributed by atoms with Gasteiger partial charge >= 0.3 is 0 Å². The number of hydrogen-bond donors (Lipinski definition) is 1. The molecule has 1 saturated heterocycles. The van der Waals surface area contributed by atoms with Crippen LogP contribution in [0.15, 0.2) is 36.5 Å². The molecule has 0 spiro atoms. The van der Waals surface area contributed by atoms with Crippen LogP contribution in [0, 0.1) is 10.1 Å². The third kappa shape index (κ3) is 4.77. The maximum absolute atomic E-state index is 12.4. The number of rotatable bonds is 5. The van der Waals surface area contributed by atoms with Gasteiger partial charge in [0.05, 0.1) is 22.1 Å². The second kappa shape index (κ2) is 7.99. The summed E-state index contributed by atoms with van der Waals surface area (Å²) in [6.07, 6.45) is 1.53. The summed E-state index contributed by atoms with van der Waals surface area (Å²) in [5.74, 6) is -1.09. The molecule has 0 aliphatic carbocycles. The topological polar surface area (TPSA) is 145 Å². The monoisotopic (exact) mass is 421 g/mol. The van der Waals surface area contributed by atoms with Gasteiger partial charge in [0.2, 0.25) is 5.91 Å². The Morgan fingerprint density at radius 2 is 1.79 bits per heavy atom. The molecule has 0 radical (unpaired) electrons. The van der Waals surface area contributed by atoms with E-state index in [4.69, 9.17) is 0 Å². The number of non-ortho nitro benzene ring substituents is 1.